The highest BCUT2D eigenvalue weighted by molar-refractivity contribution is 5.80. The van der Waals surface area contributed by atoms with Gasteiger partial charge in [0, 0.05) is 67.3 Å². The number of fused-ring (bicyclic) bond motifs is 5. The highest BCUT2D eigenvalue weighted by Crippen LogP contribution is 2.82. The van der Waals surface area contributed by atoms with Crippen LogP contribution in [0.15, 0.2) is 23.0 Å². The van der Waals surface area contributed by atoms with Gasteiger partial charge in [-0.2, -0.15) is 0 Å². The summed E-state index contributed by atoms with van der Waals surface area (Å²) >= 11 is 0. The maximum Gasteiger partial charge on any atom is 0.347 e. The number of furan rings is 1. The normalized spacial score (nSPS) is 44.5. The first kappa shape index (κ1) is 35.8. The molecule has 2 N–H and O–H groups in total. The van der Waals surface area contributed by atoms with Gasteiger partial charge < -0.3 is 43.1 Å². The summed E-state index contributed by atoms with van der Waals surface area (Å²) in [5.74, 6) is -9.68. The maximum absolute atomic E-state index is 13.7. The van der Waals surface area contributed by atoms with E-state index in [0.717, 1.165) is 27.9 Å². The van der Waals surface area contributed by atoms with E-state index in [4.69, 9.17) is 32.8 Å². The Morgan fingerprint density at radius 3 is 2.12 bits per heavy atom. The van der Waals surface area contributed by atoms with E-state index in [1.54, 1.807) is 26.8 Å². The van der Waals surface area contributed by atoms with Crippen molar-refractivity contribution in [2.45, 2.75) is 109 Å². The number of esters is 6. The Hall–Kier alpha value is -3.98. The second-order valence-electron chi connectivity index (χ2n) is 15.3. The van der Waals surface area contributed by atoms with E-state index >= 15 is 0 Å². The molecule has 5 fully saturated rings. The number of carbonyl (C=O) groups is 6. The van der Waals surface area contributed by atoms with Gasteiger partial charge in [0.25, 0.3) is 0 Å². The predicted octanol–water partition coefficient (Wildman–Crippen LogP) is 1.95. The Morgan fingerprint density at radius 2 is 1.58 bits per heavy atom. The summed E-state index contributed by atoms with van der Waals surface area (Å²) in [7, 11) is 1.11. The number of rotatable bonds is 7. The lowest BCUT2D eigenvalue weighted by Gasteiger charge is -2.73. The minimum atomic E-state index is -2.23. The molecule has 274 valence electrons. The third-order valence-corrected chi connectivity index (χ3v) is 12.9. The largest absolute Gasteiger partial charge is 0.472 e. The molecule has 1 unspecified atom stereocenters. The van der Waals surface area contributed by atoms with Gasteiger partial charge in [0.1, 0.15) is 29.5 Å². The van der Waals surface area contributed by atoms with Gasteiger partial charge in [0.15, 0.2) is 0 Å². The lowest BCUT2D eigenvalue weighted by molar-refractivity contribution is -0.369. The van der Waals surface area contributed by atoms with Crippen molar-refractivity contribution in [2.24, 2.45) is 39.9 Å². The Labute approximate surface area is 288 Å². The van der Waals surface area contributed by atoms with Crippen molar-refractivity contribution in [1.29, 1.82) is 0 Å². The van der Waals surface area contributed by atoms with Crippen molar-refractivity contribution in [1.82, 2.24) is 0 Å². The molecule has 4 aliphatic carbocycles. The molecule has 1 aliphatic heterocycles. The van der Waals surface area contributed by atoms with Gasteiger partial charge in [-0.25, -0.2) is 4.79 Å². The van der Waals surface area contributed by atoms with Gasteiger partial charge in [-0.1, -0.05) is 20.8 Å². The van der Waals surface area contributed by atoms with Crippen LogP contribution in [0, 0.1) is 39.9 Å². The van der Waals surface area contributed by atoms with Gasteiger partial charge in [-0.05, 0) is 18.9 Å². The number of hydrogen-bond donors (Lipinski definition) is 2. The Morgan fingerprint density at radius 1 is 0.940 bits per heavy atom. The fourth-order valence-electron chi connectivity index (χ4n) is 11.7. The van der Waals surface area contributed by atoms with Crippen molar-refractivity contribution in [2.75, 3.05) is 7.11 Å². The average Bonchev–Trinajstić information content (AvgIpc) is 3.67. The van der Waals surface area contributed by atoms with Crippen LogP contribution < -0.4 is 0 Å². The molecule has 0 radical (unpaired) electrons. The molecule has 0 amide bonds. The molecule has 1 aromatic rings. The molecule has 15 nitrogen and oxygen atoms in total. The monoisotopic (exact) mass is 704 g/mol. The standard InChI is InChI=1S/C35H44O15/c1-15(36)46-25(30(42)44-8)26-31(5)14-34(50-18(4)39)24(28(31)47-16(2)37)29(48-17(3)38)35(43)20-12-23(41)49-27(19-9-10-45-13-19)32(20,6)22(40)11-21(35)33(26,34)7/h9-10,13,20-22,24-29,40,43H,11-12,14H2,1-8H3/t20-,21-,22+,24-,25+,26+,27+,28-,29-,31?,32+,33-,34+,35+/m1/s1. The van der Waals surface area contributed by atoms with Crippen LogP contribution in [-0.2, 0) is 57.2 Å². The Kier molecular flexibility index (Phi) is 8.26. The van der Waals surface area contributed by atoms with Crippen molar-refractivity contribution >= 4 is 35.8 Å². The fraction of sp³-hybridized carbons (Fsp3) is 0.714. The molecule has 1 aromatic heterocycles. The number of cyclic esters (lactones) is 1. The smallest absolute Gasteiger partial charge is 0.347 e. The summed E-state index contributed by atoms with van der Waals surface area (Å²) < 4.78 is 40.4. The third-order valence-electron chi connectivity index (χ3n) is 12.9. The molecule has 0 spiro atoms. The minimum absolute atomic E-state index is 0.0832. The van der Waals surface area contributed by atoms with Crippen LogP contribution in [0.1, 0.15) is 79.4 Å². The summed E-state index contributed by atoms with van der Waals surface area (Å²) in [4.78, 5) is 78.9. The van der Waals surface area contributed by atoms with Gasteiger partial charge in [0.05, 0.1) is 38.1 Å². The molecule has 1 saturated heterocycles. The SMILES string of the molecule is COC(=O)[C@@H](OC(C)=O)[C@H]1C2(C)C[C@]3(OC(C)=O)[C@H]([C@H]2OC(C)=O)[C@@H](OC(C)=O)[C@]2(O)[C@@H]4CC(=O)O[C@@H](c5ccoc5)[C@]4(C)[C@@H](O)C[C@@H]2[C@]13C. The fourth-order valence-corrected chi connectivity index (χ4v) is 11.7. The average molecular weight is 705 g/mol. The zero-order valence-corrected chi connectivity index (χ0v) is 29.3. The molecular weight excluding hydrogens is 660 g/mol. The zero-order chi connectivity index (χ0) is 36.9. The summed E-state index contributed by atoms with van der Waals surface area (Å²) in [6.45, 7) is 9.61. The van der Waals surface area contributed by atoms with Crippen molar-refractivity contribution in [3.63, 3.8) is 0 Å². The topological polar surface area (TPSA) is 211 Å². The molecule has 4 saturated carbocycles. The lowest BCUT2D eigenvalue weighted by atomic mass is 9.35. The molecule has 50 heavy (non-hydrogen) atoms. The molecule has 6 rings (SSSR count). The molecule has 14 atom stereocenters. The lowest BCUT2D eigenvalue weighted by Crippen LogP contribution is -2.83. The van der Waals surface area contributed by atoms with Crippen molar-refractivity contribution < 1.29 is 71.8 Å². The van der Waals surface area contributed by atoms with E-state index in [1.165, 1.54) is 19.5 Å². The minimum Gasteiger partial charge on any atom is -0.472 e. The van der Waals surface area contributed by atoms with Crippen LogP contribution in [0.25, 0.3) is 0 Å². The van der Waals surface area contributed by atoms with E-state index in [0.29, 0.717) is 5.56 Å². The summed E-state index contributed by atoms with van der Waals surface area (Å²) in [6.07, 6.45) is -4.98. The quantitative estimate of drug-likeness (QED) is 0.307. The van der Waals surface area contributed by atoms with E-state index in [-0.39, 0.29) is 12.8 Å². The predicted molar refractivity (Wildman–Crippen MR) is 164 cm³/mol. The van der Waals surface area contributed by atoms with Crippen LogP contribution in [0.5, 0.6) is 0 Å². The van der Waals surface area contributed by atoms with Crippen LogP contribution in [0.2, 0.25) is 0 Å². The maximum atomic E-state index is 13.7. The first-order valence-corrected chi connectivity index (χ1v) is 16.7. The molecular formula is C35H44O15. The number of aliphatic hydroxyl groups excluding tert-OH is 1. The first-order valence-electron chi connectivity index (χ1n) is 16.7. The van der Waals surface area contributed by atoms with Crippen molar-refractivity contribution in [3.8, 4) is 0 Å². The second-order valence-corrected chi connectivity index (χ2v) is 15.3. The van der Waals surface area contributed by atoms with E-state index < -0.39 is 124 Å². The number of methoxy groups -OCH3 is 1. The third kappa shape index (κ3) is 4.47. The molecule has 2 heterocycles. The molecule has 2 bridgehead atoms. The zero-order valence-electron chi connectivity index (χ0n) is 29.3. The van der Waals surface area contributed by atoms with Gasteiger partial charge >= 0.3 is 35.8 Å². The summed E-state index contributed by atoms with van der Waals surface area (Å²) in [5, 5.41) is 25.9. The van der Waals surface area contributed by atoms with Crippen molar-refractivity contribution in [3.05, 3.63) is 24.2 Å². The summed E-state index contributed by atoms with van der Waals surface area (Å²) in [5.41, 5.74) is -7.92. The van der Waals surface area contributed by atoms with E-state index in [1.807, 2.05) is 0 Å². The Bertz CT molecular complexity index is 1620. The van der Waals surface area contributed by atoms with Gasteiger partial charge in [-0.15, -0.1) is 0 Å². The van der Waals surface area contributed by atoms with Crippen LogP contribution >= 0.6 is 0 Å². The van der Waals surface area contributed by atoms with E-state index in [9.17, 15) is 39.0 Å². The Balaban J connectivity index is 1.70. The van der Waals surface area contributed by atoms with Crippen LogP contribution in [0.3, 0.4) is 0 Å². The number of aliphatic hydroxyl groups is 2. The highest BCUT2D eigenvalue weighted by atomic mass is 16.6. The van der Waals surface area contributed by atoms with Crippen LogP contribution in [-0.4, -0.2) is 88.8 Å². The first-order chi connectivity index (χ1) is 23.2. The second kappa shape index (κ2) is 11.5. The summed E-state index contributed by atoms with van der Waals surface area (Å²) in [6, 6.07) is 1.58. The number of carbonyl (C=O) groups excluding carboxylic acids is 6. The van der Waals surface area contributed by atoms with Gasteiger partial charge in [0.2, 0.25) is 6.10 Å². The van der Waals surface area contributed by atoms with E-state index in [2.05, 4.69) is 0 Å². The molecule has 0 aromatic carbocycles. The highest BCUT2D eigenvalue weighted by Gasteiger charge is 2.92. The van der Waals surface area contributed by atoms with Gasteiger partial charge in [-0.3, -0.25) is 24.0 Å². The number of hydrogen-bond acceptors (Lipinski definition) is 15. The van der Waals surface area contributed by atoms with Crippen LogP contribution in [0.4, 0.5) is 0 Å². The molecule has 5 aliphatic rings. The number of ether oxygens (including phenoxy) is 6. The molecule has 15 heteroatoms.